The van der Waals surface area contributed by atoms with Crippen LogP contribution in [-0.2, 0) is 9.59 Å². The van der Waals surface area contributed by atoms with Crippen molar-refractivity contribution in [1.82, 2.24) is 10.6 Å². The number of rotatable bonds is 8. The van der Waals surface area contributed by atoms with Crippen molar-refractivity contribution in [2.45, 2.75) is 13.8 Å². The van der Waals surface area contributed by atoms with Crippen LogP contribution in [0.3, 0.4) is 0 Å². The van der Waals surface area contributed by atoms with Crippen molar-refractivity contribution < 1.29 is 28.6 Å². The van der Waals surface area contributed by atoms with Gasteiger partial charge >= 0.3 is 6.03 Å². The van der Waals surface area contributed by atoms with Gasteiger partial charge in [-0.15, -0.1) is 0 Å². The van der Waals surface area contributed by atoms with Crippen LogP contribution in [-0.4, -0.2) is 37.7 Å². The van der Waals surface area contributed by atoms with E-state index in [0.717, 1.165) is 5.56 Å². The second-order valence-corrected chi connectivity index (χ2v) is 6.95. The molecule has 0 radical (unpaired) electrons. The molecule has 3 rings (SSSR count). The summed E-state index contributed by atoms with van der Waals surface area (Å²) in [4.78, 5) is 34.9. The van der Waals surface area contributed by atoms with Crippen LogP contribution in [0.1, 0.15) is 18.1 Å². The SMILES string of the molecule is CCOc1cc(C=C2C(=O)NC(=O)NC2=O)ccc1OCCOc1ccc(Cl)c(C)c1. The van der Waals surface area contributed by atoms with Crippen LogP contribution in [0.4, 0.5) is 4.79 Å². The number of hydrogen-bond acceptors (Lipinski definition) is 6. The van der Waals surface area contributed by atoms with Crippen LogP contribution in [0.2, 0.25) is 5.02 Å². The van der Waals surface area contributed by atoms with E-state index in [9.17, 15) is 14.4 Å². The van der Waals surface area contributed by atoms with Crippen molar-refractivity contribution in [3.8, 4) is 17.2 Å². The number of carbonyl (C=O) groups excluding carboxylic acids is 3. The third kappa shape index (κ3) is 5.76. The lowest BCUT2D eigenvalue weighted by Crippen LogP contribution is -2.51. The molecular formula is C22H21ClN2O6. The maximum Gasteiger partial charge on any atom is 0.328 e. The van der Waals surface area contributed by atoms with Gasteiger partial charge in [0.25, 0.3) is 11.8 Å². The monoisotopic (exact) mass is 444 g/mol. The summed E-state index contributed by atoms with van der Waals surface area (Å²) in [5, 5.41) is 4.74. The fraction of sp³-hybridized carbons (Fsp3) is 0.227. The van der Waals surface area contributed by atoms with E-state index < -0.39 is 17.8 Å². The first-order chi connectivity index (χ1) is 14.9. The number of halogens is 1. The first-order valence-corrected chi connectivity index (χ1v) is 9.92. The maximum atomic E-state index is 11.9. The molecule has 1 heterocycles. The molecule has 0 bridgehead atoms. The Labute approximate surface area is 184 Å². The lowest BCUT2D eigenvalue weighted by Gasteiger charge is -2.15. The molecule has 0 aliphatic carbocycles. The molecule has 1 fully saturated rings. The number of hydrogen-bond donors (Lipinski definition) is 2. The predicted octanol–water partition coefficient (Wildman–Crippen LogP) is 3.25. The summed E-state index contributed by atoms with van der Waals surface area (Å²) in [5.41, 5.74) is 1.29. The molecule has 8 nitrogen and oxygen atoms in total. The molecular weight excluding hydrogens is 424 g/mol. The molecule has 31 heavy (non-hydrogen) atoms. The normalized spacial score (nSPS) is 13.4. The molecule has 162 valence electrons. The van der Waals surface area contributed by atoms with Gasteiger partial charge in [0.15, 0.2) is 11.5 Å². The van der Waals surface area contributed by atoms with Gasteiger partial charge in [0.05, 0.1) is 6.61 Å². The second kappa shape index (κ2) is 9.99. The van der Waals surface area contributed by atoms with Crippen molar-refractivity contribution in [2.24, 2.45) is 0 Å². The number of aryl methyl sites for hydroxylation is 1. The molecule has 4 amide bonds. The van der Waals surface area contributed by atoms with Gasteiger partial charge in [-0.25, -0.2) is 4.79 Å². The molecule has 2 N–H and O–H groups in total. The Bertz CT molecular complexity index is 1030. The minimum atomic E-state index is -0.845. The zero-order valence-corrected chi connectivity index (χ0v) is 17.7. The Hall–Kier alpha value is -3.52. The summed E-state index contributed by atoms with van der Waals surface area (Å²) in [7, 11) is 0. The van der Waals surface area contributed by atoms with E-state index >= 15 is 0 Å². The maximum absolute atomic E-state index is 11.9. The molecule has 0 spiro atoms. The molecule has 2 aromatic rings. The van der Waals surface area contributed by atoms with Gasteiger partial charge in [-0.1, -0.05) is 17.7 Å². The highest BCUT2D eigenvalue weighted by molar-refractivity contribution is 6.31. The van der Waals surface area contributed by atoms with E-state index in [1.165, 1.54) is 6.08 Å². The number of benzene rings is 2. The summed E-state index contributed by atoms with van der Waals surface area (Å²) >= 11 is 6.01. The van der Waals surface area contributed by atoms with Crippen molar-refractivity contribution in [2.75, 3.05) is 19.8 Å². The number of imide groups is 2. The van der Waals surface area contributed by atoms with Gasteiger partial charge < -0.3 is 14.2 Å². The molecule has 0 unspecified atom stereocenters. The van der Waals surface area contributed by atoms with E-state index in [4.69, 9.17) is 25.8 Å². The van der Waals surface area contributed by atoms with Crippen LogP contribution in [0, 0.1) is 6.92 Å². The van der Waals surface area contributed by atoms with Crippen LogP contribution < -0.4 is 24.8 Å². The summed E-state index contributed by atoms with van der Waals surface area (Å²) in [5.74, 6) is 0.114. The zero-order chi connectivity index (χ0) is 22.4. The largest absolute Gasteiger partial charge is 0.490 e. The van der Waals surface area contributed by atoms with E-state index in [1.54, 1.807) is 30.3 Å². The standard InChI is InChI=1S/C22H21ClN2O6/c1-3-29-19-12-14(11-16-20(26)24-22(28)25-21(16)27)4-7-18(19)31-9-8-30-15-5-6-17(23)13(2)10-15/h4-7,10-12H,3,8-9H2,1-2H3,(H2,24,25,26,27,28). The third-order valence-corrected chi connectivity index (χ3v) is 4.69. The summed E-state index contributed by atoms with van der Waals surface area (Å²) in [6, 6.07) is 9.55. The van der Waals surface area contributed by atoms with Gasteiger partial charge in [-0.05, 0) is 61.4 Å². The minimum Gasteiger partial charge on any atom is -0.490 e. The Morgan fingerprint density at radius 3 is 2.29 bits per heavy atom. The number of barbiturate groups is 1. The summed E-state index contributed by atoms with van der Waals surface area (Å²) in [6.07, 6.45) is 1.37. The van der Waals surface area contributed by atoms with E-state index in [1.807, 2.05) is 30.5 Å². The van der Waals surface area contributed by atoms with Crippen LogP contribution >= 0.6 is 11.6 Å². The van der Waals surface area contributed by atoms with Crippen LogP contribution in [0.25, 0.3) is 6.08 Å². The van der Waals surface area contributed by atoms with Crippen molar-refractivity contribution >= 4 is 35.5 Å². The van der Waals surface area contributed by atoms with Crippen molar-refractivity contribution in [3.63, 3.8) is 0 Å². The summed E-state index contributed by atoms with van der Waals surface area (Å²) < 4.78 is 17.1. The predicted molar refractivity (Wildman–Crippen MR) is 114 cm³/mol. The molecule has 0 aromatic heterocycles. The van der Waals surface area contributed by atoms with E-state index in [0.29, 0.717) is 41.0 Å². The quantitative estimate of drug-likeness (QED) is 0.368. The fourth-order valence-electron chi connectivity index (χ4n) is 2.79. The Morgan fingerprint density at radius 1 is 0.903 bits per heavy atom. The van der Waals surface area contributed by atoms with Crippen LogP contribution in [0.15, 0.2) is 42.0 Å². The average Bonchev–Trinajstić information content (AvgIpc) is 2.72. The number of carbonyl (C=O) groups is 3. The molecule has 9 heteroatoms. The highest BCUT2D eigenvalue weighted by atomic mass is 35.5. The molecule has 2 aromatic carbocycles. The van der Waals surface area contributed by atoms with Gasteiger partial charge in [0, 0.05) is 5.02 Å². The van der Waals surface area contributed by atoms with Gasteiger partial charge in [-0.2, -0.15) is 0 Å². The highest BCUT2D eigenvalue weighted by Crippen LogP contribution is 2.29. The number of urea groups is 1. The Kier molecular flexibility index (Phi) is 7.15. The van der Waals surface area contributed by atoms with Crippen molar-refractivity contribution in [1.29, 1.82) is 0 Å². The van der Waals surface area contributed by atoms with Gasteiger partial charge in [0.2, 0.25) is 0 Å². The lowest BCUT2D eigenvalue weighted by atomic mass is 10.1. The Morgan fingerprint density at radius 2 is 1.61 bits per heavy atom. The van der Waals surface area contributed by atoms with Gasteiger partial charge in [-0.3, -0.25) is 20.2 Å². The third-order valence-electron chi connectivity index (χ3n) is 4.26. The molecule has 0 saturated carbocycles. The average molecular weight is 445 g/mol. The van der Waals surface area contributed by atoms with Crippen molar-refractivity contribution in [3.05, 3.63) is 58.1 Å². The molecule has 1 aliphatic heterocycles. The number of ether oxygens (including phenoxy) is 3. The first kappa shape index (κ1) is 22.2. The molecule has 1 saturated heterocycles. The van der Waals surface area contributed by atoms with Gasteiger partial charge in [0.1, 0.15) is 24.5 Å². The zero-order valence-electron chi connectivity index (χ0n) is 17.0. The number of nitrogens with one attached hydrogen (secondary N) is 2. The second-order valence-electron chi connectivity index (χ2n) is 6.54. The van der Waals surface area contributed by atoms with E-state index in [-0.39, 0.29) is 12.2 Å². The number of amides is 4. The topological polar surface area (TPSA) is 103 Å². The molecule has 1 aliphatic rings. The first-order valence-electron chi connectivity index (χ1n) is 9.54. The molecule has 0 atom stereocenters. The smallest absolute Gasteiger partial charge is 0.328 e. The summed E-state index contributed by atoms with van der Waals surface area (Å²) in [6.45, 7) is 4.71. The highest BCUT2D eigenvalue weighted by Gasteiger charge is 2.27. The van der Waals surface area contributed by atoms with Crippen LogP contribution in [0.5, 0.6) is 17.2 Å². The fourth-order valence-corrected chi connectivity index (χ4v) is 2.91. The Balaban J connectivity index is 1.66. The lowest BCUT2D eigenvalue weighted by molar-refractivity contribution is -0.123. The van der Waals surface area contributed by atoms with E-state index in [2.05, 4.69) is 0 Å². The minimum absolute atomic E-state index is 0.178.